The topological polar surface area (TPSA) is 99.0 Å². The lowest BCUT2D eigenvalue weighted by Crippen LogP contribution is -2.41. The van der Waals surface area contributed by atoms with Crippen molar-refractivity contribution in [1.82, 2.24) is 24.5 Å². The van der Waals surface area contributed by atoms with Crippen molar-refractivity contribution in [3.8, 4) is 5.69 Å². The van der Waals surface area contributed by atoms with Crippen LogP contribution in [0.1, 0.15) is 35.2 Å². The maximum absolute atomic E-state index is 13.2. The summed E-state index contributed by atoms with van der Waals surface area (Å²) in [4.78, 5) is 27.5. The highest BCUT2D eigenvalue weighted by Crippen LogP contribution is 2.26. The smallest absolute Gasteiger partial charge is 0.225 e. The molecule has 0 unspecified atom stereocenters. The molecule has 1 fully saturated rings. The number of nitrogens with two attached hydrogens (primary N) is 1. The van der Waals surface area contributed by atoms with Gasteiger partial charge in [0.15, 0.2) is 5.78 Å². The van der Waals surface area contributed by atoms with E-state index in [1.54, 1.807) is 15.8 Å². The number of likely N-dealkylation sites (tertiary alicyclic amines) is 1. The van der Waals surface area contributed by atoms with E-state index in [2.05, 4.69) is 10.2 Å². The molecule has 1 amide bonds. The number of Topliss-reactive ketones (excluding diaryl/α,β-unsaturated/α-hetero) is 1. The van der Waals surface area contributed by atoms with Gasteiger partial charge in [-0.15, -0.1) is 0 Å². The van der Waals surface area contributed by atoms with E-state index in [0.29, 0.717) is 25.2 Å². The Morgan fingerprint density at radius 1 is 1.20 bits per heavy atom. The molecule has 156 valence electrons. The van der Waals surface area contributed by atoms with Gasteiger partial charge in [0.25, 0.3) is 0 Å². The number of hydrogen-bond acceptors (Lipinski definition) is 5. The summed E-state index contributed by atoms with van der Waals surface area (Å²) in [5, 5.41) is 8.38. The lowest BCUT2D eigenvalue weighted by Gasteiger charge is -2.23. The first-order valence-electron chi connectivity index (χ1n) is 9.86. The van der Waals surface area contributed by atoms with Crippen molar-refractivity contribution in [2.45, 2.75) is 38.8 Å². The van der Waals surface area contributed by atoms with E-state index < -0.39 is 6.04 Å². The summed E-state index contributed by atoms with van der Waals surface area (Å²) in [6.07, 6.45) is 6.66. The monoisotopic (exact) mass is 410 g/mol. The zero-order chi connectivity index (χ0) is 21.3. The van der Waals surface area contributed by atoms with Gasteiger partial charge < -0.3 is 10.6 Å². The second-order valence-electron chi connectivity index (χ2n) is 7.47. The van der Waals surface area contributed by atoms with E-state index in [1.807, 2.05) is 13.1 Å². The summed E-state index contributed by atoms with van der Waals surface area (Å²) >= 11 is 0. The number of nitrogens with zero attached hydrogens (tertiary/aromatic N) is 5. The second kappa shape index (κ2) is 8.10. The Bertz CT molecular complexity index is 1070. The largest absolute Gasteiger partial charge is 0.383 e. The molecule has 0 saturated carbocycles. The predicted octanol–water partition coefficient (Wildman–Crippen LogP) is 2.36. The molecule has 8 nitrogen and oxygen atoms in total. The van der Waals surface area contributed by atoms with Crippen molar-refractivity contribution in [2.75, 3.05) is 12.3 Å². The molecule has 1 saturated heterocycles. The summed E-state index contributed by atoms with van der Waals surface area (Å²) in [5.41, 5.74) is 8.03. The predicted molar refractivity (Wildman–Crippen MR) is 109 cm³/mol. The van der Waals surface area contributed by atoms with Crippen molar-refractivity contribution in [3.63, 3.8) is 0 Å². The number of aromatic nitrogens is 4. The molecule has 2 N–H and O–H groups in total. The minimum absolute atomic E-state index is 0.0801. The zero-order valence-corrected chi connectivity index (χ0v) is 16.7. The maximum Gasteiger partial charge on any atom is 0.225 e. The van der Waals surface area contributed by atoms with Crippen LogP contribution in [-0.2, 0) is 11.3 Å². The zero-order valence-electron chi connectivity index (χ0n) is 16.7. The number of carbonyl (C=O) groups is 2. The average Bonchev–Trinajstić information content (AvgIpc) is 3.46. The molecule has 0 aliphatic carbocycles. The normalized spacial score (nSPS) is 16.2. The fraction of sp³-hybridized carbons (Fsp3) is 0.333. The maximum atomic E-state index is 13.2. The quantitative estimate of drug-likeness (QED) is 0.629. The van der Waals surface area contributed by atoms with Gasteiger partial charge in [-0.3, -0.25) is 14.3 Å². The molecule has 0 spiro atoms. The van der Waals surface area contributed by atoms with Crippen molar-refractivity contribution in [1.29, 1.82) is 0 Å². The van der Waals surface area contributed by atoms with E-state index in [-0.39, 0.29) is 35.3 Å². The Balaban J connectivity index is 1.48. The number of carbonyl (C=O) groups excluding carboxylic acids is 2. The third kappa shape index (κ3) is 3.83. The number of anilines is 1. The van der Waals surface area contributed by atoms with Crippen LogP contribution in [0.25, 0.3) is 5.69 Å². The van der Waals surface area contributed by atoms with Gasteiger partial charge in [-0.05, 0) is 49.6 Å². The van der Waals surface area contributed by atoms with Crippen LogP contribution in [0.2, 0.25) is 0 Å². The standard InChI is InChI=1S/C21H23FN6O2/c1-14-11-24-26(13-14)10-8-19(29)27-9-2-3-18(27)20(30)17-12-25-28(21(17)23)16-6-4-15(22)5-7-16/h4-7,11-13,18H,2-3,8-10,23H2,1H3/t18-/m1/s1. The van der Waals surface area contributed by atoms with Crippen molar-refractivity contribution in [2.24, 2.45) is 0 Å². The Morgan fingerprint density at radius 2 is 1.97 bits per heavy atom. The third-order valence-electron chi connectivity index (χ3n) is 5.34. The fourth-order valence-electron chi connectivity index (χ4n) is 3.80. The van der Waals surface area contributed by atoms with E-state index in [1.165, 1.54) is 35.1 Å². The third-order valence-corrected chi connectivity index (χ3v) is 5.34. The second-order valence-corrected chi connectivity index (χ2v) is 7.47. The van der Waals surface area contributed by atoms with E-state index in [4.69, 9.17) is 5.73 Å². The molecule has 0 radical (unpaired) electrons. The number of ketones is 1. The number of aryl methyl sites for hydroxylation is 2. The minimum Gasteiger partial charge on any atom is -0.383 e. The van der Waals surface area contributed by atoms with Gasteiger partial charge in [-0.25, -0.2) is 9.07 Å². The summed E-state index contributed by atoms with van der Waals surface area (Å²) in [6, 6.07) is 5.13. The first-order valence-corrected chi connectivity index (χ1v) is 9.86. The number of rotatable bonds is 6. The molecule has 3 aromatic rings. The van der Waals surface area contributed by atoms with Crippen LogP contribution in [0.15, 0.2) is 42.9 Å². The molecule has 1 aromatic carbocycles. The molecule has 4 rings (SSSR count). The average molecular weight is 410 g/mol. The Kier molecular flexibility index (Phi) is 5.35. The summed E-state index contributed by atoms with van der Waals surface area (Å²) < 4.78 is 16.3. The fourth-order valence-corrected chi connectivity index (χ4v) is 3.80. The number of halogens is 1. The molecular formula is C21H23FN6O2. The molecule has 0 bridgehead atoms. The van der Waals surface area contributed by atoms with Gasteiger partial charge >= 0.3 is 0 Å². The number of benzene rings is 1. The van der Waals surface area contributed by atoms with Gasteiger partial charge in [-0.1, -0.05) is 0 Å². The van der Waals surface area contributed by atoms with Crippen molar-refractivity contribution < 1.29 is 14.0 Å². The van der Waals surface area contributed by atoms with Gasteiger partial charge in [0, 0.05) is 25.7 Å². The summed E-state index contributed by atoms with van der Waals surface area (Å²) in [6.45, 7) is 2.95. The molecular weight excluding hydrogens is 387 g/mol. The molecule has 9 heteroatoms. The molecule has 1 aliphatic heterocycles. The Morgan fingerprint density at radius 3 is 2.67 bits per heavy atom. The molecule has 1 aliphatic rings. The van der Waals surface area contributed by atoms with Gasteiger partial charge in [-0.2, -0.15) is 10.2 Å². The van der Waals surface area contributed by atoms with Crippen LogP contribution < -0.4 is 5.73 Å². The van der Waals surface area contributed by atoms with Crippen LogP contribution in [0.5, 0.6) is 0 Å². The van der Waals surface area contributed by atoms with Crippen LogP contribution >= 0.6 is 0 Å². The van der Waals surface area contributed by atoms with Crippen LogP contribution in [0.4, 0.5) is 10.2 Å². The van der Waals surface area contributed by atoms with Crippen molar-refractivity contribution >= 4 is 17.5 Å². The Hall–Kier alpha value is -3.49. The van der Waals surface area contributed by atoms with E-state index >= 15 is 0 Å². The molecule has 3 heterocycles. The number of hydrogen-bond donors (Lipinski definition) is 1. The molecule has 2 aromatic heterocycles. The first kappa shape index (κ1) is 19.8. The highest BCUT2D eigenvalue weighted by molar-refractivity contribution is 6.05. The van der Waals surface area contributed by atoms with Crippen LogP contribution in [0.3, 0.4) is 0 Å². The molecule has 1 atom stereocenters. The number of amides is 1. The van der Waals surface area contributed by atoms with E-state index in [0.717, 1.165) is 12.0 Å². The lowest BCUT2D eigenvalue weighted by atomic mass is 10.0. The van der Waals surface area contributed by atoms with Crippen LogP contribution in [0, 0.1) is 12.7 Å². The summed E-state index contributed by atoms with van der Waals surface area (Å²) in [7, 11) is 0. The van der Waals surface area contributed by atoms with E-state index in [9.17, 15) is 14.0 Å². The summed E-state index contributed by atoms with van der Waals surface area (Å²) in [5.74, 6) is -0.491. The lowest BCUT2D eigenvalue weighted by molar-refractivity contribution is -0.131. The first-order chi connectivity index (χ1) is 14.4. The van der Waals surface area contributed by atoms with Crippen molar-refractivity contribution in [3.05, 3.63) is 59.8 Å². The molecule has 30 heavy (non-hydrogen) atoms. The Labute approximate surface area is 173 Å². The van der Waals surface area contributed by atoms with Gasteiger partial charge in [0.2, 0.25) is 5.91 Å². The minimum atomic E-state index is -0.551. The number of nitrogen functional groups attached to an aromatic ring is 1. The van der Waals surface area contributed by atoms with Crippen LogP contribution in [-0.4, -0.2) is 48.7 Å². The van der Waals surface area contributed by atoms with Gasteiger partial charge in [0.05, 0.1) is 29.7 Å². The highest BCUT2D eigenvalue weighted by atomic mass is 19.1. The van der Waals surface area contributed by atoms with Gasteiger partial charge in [0.1, 0.15) is 11.6 Å². The highest BCUT2D eigenvalue weighted by Gasteiger charge is 2.36. The SMILES string of the molecule is Cc1cnn(CCC(=O)N2CCC[C@@H]2C(=O)c2cnn(-c3ccc(F)cc3)c2N)c1.